The maximum Gasteiger partial charge on any atom is 0.340 e. The zero-order chi connectivity index (χ0) is 39.6. The topological polar surface area (TPSA) is 158 Å². The second-order valence-electron chi connectivity index (χ2n) is 10.4. The van der Waals surface area contributed by atoms with Crippen LogP contribution in [0, 0.1) is 13.1 Å². The van der Waals surface area contributed by atoms with Crippen LogP contribution < -0.4 is 20.1 Å². The monoisotopic (exact) mass is 728 g/mol. The molecule has 0 aromatic heterocycles. The fraction of sp³-hybridized carbons (Fsp3) is 0.250. The molecule has 2 amide bonds. The third-order valence-electron chi connectivity index (χ3n) is 5.96. The summed E-state index contributed by atoms with van der Waals surface area (Å²) < 4.78 is 19.7. The minimum Gasteiger partial charge on any atom is -0.497 e. The third-order valence-corrected chi connectivity index (χ3v) is 5.96. The van der Waals surface area contributed by atoms with Gasteiger partial charge in [0.15, 0.2) is 0 Å². The number of rotatable bonds is 15. The molecule has 0 saturated heterocycles. The first-order valence-electron chi connectivity index (χ1n) is 15.3. The van der Waals surface area contributed by atoms with Crippen LogP contribution in [0.3, 0.4) is 0 Å². The van der Waals surface area contributed by atoms with Gasteiger partial charge >= 0.3 is 11.9 Å². The van der Waals surface area contributed by atoms with E-state index in [4.69, 9.17) is 32.5 Å². The molecule has 2 rings (SSSR count). The number of carbonyl (C=O) groups excluding carboxylic acids is 4. The molecule has 0 unspecified atom stereocenters. The summed E-state index contributed by atoms with van der Waals surface area (Å²) in [6, 6.07) is 14.1. The van der Waals surface area contributed by atoms with Gasteiger partial charge in [0.25, 0.3) is 11.4 Å². The van der Waals surface area contributed by atoms with Crippen molar-refractivity contribution in [3.05, 3.63) is 143 Å². The molecule has 0 spiro atoms. The van der Waals surface area contributed by atoms with Crippen LogP contribution in [-0.4, -0.2) is 69.4 Å². The Hall–Kier alpha value is -6.70. The highest BCUT2D eigenvalue weighted by molar-refractivity contribution is 6.01. The molecule has 0 aliphatic heterocycles. The van der Waals surface area contributed by atoms with Gasteiger partial charge in [-0.15, -0.1) is 0 Å². The lowest BCUT2D eigenvalue weighted by Crippen LogP contribution is -2.27. The Morgan fingerprint density at radius 3 is 1.38 bits per heavy atom. The predicted molar refractivity (Wildman–Crippen MR) is 206 cm³/mol. The van der Waals surface area contributed by atoms with Gasteiger partial charge in [-0.25, -0.2) is 19.3 Å². The molecule has 13 nitrogen and oxygen atoms in total. The number of carbonyl (C=O) groups is 4. The van der Waals surface area contributed by atoms with Crippen LogP contribution in [0.5, 0.6) is 11.5 Å². The van der Waals surface area contributed by atoms with Crippen molar-refractivity contribution in [3.63, 3.8) is 0 Å². The minimum absolute atomic E-state index is 0. The molecule has 0 heterocycles. The molecular weight excluding hydrogens is 680 g/mol. The number of methoxy groups -OCH3 is 2. The van der Waals surface area contributed by atoms with E-state index in [1.807, 2.05) is 0 Å². The number of nitrogens with one attached hydrogen (secondary N) is 2. The standard InChI is InChI=1S/C18H20N2O3.C13H14N2O3.C8H10O3.CH4/c1-13(2)14(3)23-11-10-20-18(21)17(19-4)12-15-6-8-16(22-5)9-7-15;1-14-12(13(17)15-7-8-16)9-10-3-5-11(18-2)6-4-10;1-5(2)7(9)11-8(10)6(3)4;/h6-9,12H,1,3,10-11H2,2,5H3,(H,20,21);3-6,9,16H,7-8H2,2H3,(H,15,17);1,3H2,2,4H3;1H4/b17-12-;12-9-;;. The molecule has 282 valence electrons. The smallest absolute Gasteiger partial charge is 0.340 e. The Morgan fingerprint density at radius 1 is 0.698 bits per heavy atom. The van der Waals surface area contributed by atoms with Crippen LogP contribution in [0.2, 0.25) is 0 Å². The van der Waals surface area contributed by atoms with Crippen LogP contribution in [0.25, 0.3) is 21.8 Å². The van der Waals surface area contributed by atoms with Gasteiger partial charge in [0.1, 0.15) is 23.9 Å². The summed E-state index contributed by atoms with van der Waals surface area (Å²) in [7, 11) is 3.14. The third kappa shape index (κ3) is 20.5. The van der Waals surface area contributed by atoms with E-state index < -0.39 is 23.8 Å². The largest absolute Gasteiger partial charge is 0.497 e. The van der Waals surface area contributed by atoms with Gasteiger partial charge in [0.05, 0.1) is 40.5 Å². The summed E-state index contributed by atoms with van der Waals surface area (Å²) in [4.78, 5) is 51.3. The average Bonchev–Trinajstić information content (AvgIpc) is 3.14. The van der Waals surface area contributed by atoms with Crippen molar-refractivity contribution in [2.75, 3.05) is 40.5 Å². The molecule has 0 aliphatic carbocycles. The quantitative estimate of drug-likeness (QED) is 0.0376. The fourth-order valence-corrected chi connectivity index (χ4v) is 3.08. The highest BCUT2D eigenvalue weighted by Crippen LogP contribution is 2.16. The first kappa shape index (κ1) is 48.4. The van der Waals surface area contributed by atoms with Crippen molar-refractivity contribution in [2.45, 2.75) is 28.2 Å². The summed E-state index contributed by atoms with van der Waals surface area (Å²) >= 11 is 0. The van der Waals surface area contributed by atoms with E-state index in [0.29, 0.717) is 17.3 Å². The second kappa shape index (κ2) is 27.1. The molecule has 53 heavy (non-hydrogen) atoms. The maximum absolute atomic E-state index is 12.0. The minimum atomic E-state index is -0.710. The Balaban J connectivity index is 0. The number of esters is 2. The Morgan fingerprint density at radius 2 is 1.08 bits per heavy atom. The highest BCUT2D eigenvalue weighted by atomic mass is 16.6. The van der Waals surface area contributed by atoms with Gasteiger partial charge in [-0.3, -0.25) is 9.59 Å². The van der Waals surface area contributed by atoms with Crippen molar-refractivity contribution in [1.29, 1.82) is 0 Å². The van der Waals surface area contributed by atoms with Gasteiger partial charge in [0, 0.05) is 17.7 Å². The molecule has 0 fully saturated rings. The van der Waals surface area contributed by atoms with Crippen LogP contribution >= 0.6 is 0 Å². The number of aliphatic hydroxyl groups excluding tert-OH is 1. The lowest BCUT2D eigenvalue weighted by Gasteiger charge is -2.09. The summed E-state index contributed by atoms with van der Waals surface area (Å²) in [5.41, 5.74) is 2.60. The van der Waals surface area contributed by atoms with Gasteiger partial charge < -0.3 is 34.7 Å². The van der Waals surface area contributed by atoms with Gasteiger partial charge in [0.2, 0.25) is 11.8 Å². The second-order valence-corrected chi connectivity index (χ2v) is 10.4. The SMILES string of the molecule is C.C=C(C)C(=O)OC(=O)C(=C)C.[C-]#[N+]/C(=C\c1ccc(OC)cc1)C(=O)NCCO.[C-]#[N+]/C(=C\c1ccc(OC)cc1)C(=O)NCCOC(=C)C(=C)C. The summed E-state index contributed by atoms with van der Waals surface area (Å²) in [5, 5.41) is 13.7. The van der Waals surface area contributed by atoms with Crippen LogP contribution in [0.1, 0.15) is 39.3 Å². The first-order valence-corrected chi connectivity index (χ1v) is 15.3. The summed E-state index contributed by atoms with van der Waals surface area (Å²) in [6.07, 6.45) is 3.01. The number of allylic oxidation sites excluding steroid dienone is 1. The number of nitrogens with zero attached hydrogens (tertiary/aromatic N) is 2. The van der Waals surface area contributed by atoms with Gasteiger partial charge in [-0.1, -0.05) is 58.0 Å². The van der Waals surface area contributed by atoms with Gasteiger partial charge in [-0.2, -0.15) is 0 Å². The van der Waals surface area contributed by atoms with Crippen LogP contribution in [-0.2, 0) is 28.7 Å². The lowest BCUT2D eigenvalue weighted by molar-refractivity contribution is -0.154. The number of amides is 2. The number of hydrogen-bond acceptors (Lipinski definition) is 9. The van der Waals surface area contributed by atoms with Crippen molar-refractivity contribution >= 4 is 35.9 Å². The van der Waals surface area contributed by atoms with E-state index in [2.05, 4.69) is 51.4 Å². The molecular formula is C40H48N4O9. The zero-order valence-electron chi connectivity index (χ0n) is 30.0. The lowest BCUT2D eigenvalue weighted by atomic mass is 10.2. The molecule has 0 aliphatic rings. The van der Waals surface area contributed by atoms with Gasteiger partial charge in [-0.05, 0) is 73.9 Å². The average molecular weight is 729 g/mol. The number of aliphatic hydroxyl groups is 1. The molecule has 0 bridgehead atoms. The van der Waals surface area contributed by atoms with E-state index in [1.165, 1.54) is 26.0 Å². The summed E-state index contributed by atoms with van der Waals surface area (Å²) in [6.45, 7) is 33.4. The van der Waals surface area contributed by atoms with Crippen LogP contribution in [0.15, 0.2) is 109 Å². The number of ether oxygens (including phenoxy) is 4. The van der Waals surface area contributed by atoms with Crippen molar-refractivity contribution < 1.29 is 43.2 Å². The van der Waals surface area contributed by atoms with E-state index in [-0.39, 0.29) is 56.3 Å². The molecule has 13 heteroatoms. The van der Waals surface area contributed by atoms with E-state index in [9.17, 15) is 19.2 Å². The Labute approximate surface area is 312 Å². The van der Waals surface area contributed by atoms with E-state index in [1.54, 1.807) is 69.7 Å². The van der Waals surface area contributed by atoms with Crippen molar-refractivity contribution in [1.82, 2.24) is 10.6 Å². The maximum atomic E-state index is 12.0. The van der Waals surface area contributed by atoms with E-state index in [0.717, 1.165) is 16.7 Å². The fourth-order valence-electron chi connectivity index (χ4n) is 3.08. The van der Waals surface area contributed by atoms with Crippen molar-refractivity contribution in [2.24, 2.45) is 0 Å². The molecule has 0 radical (unpaired) electrons. The number of hydrogen-bond donors (Lipinski definition) is 3. The zero-order valence-corrected chi connectivity index (χ0v) is 30.0. The Bertz CT molecular complexity index is 1720. The molecule has 0 atom stereocenters. The van der Waals surface area contributed by atoms with E-state index >= 15 is 0 Å². The normalized spacial score (nSPS) is 9.89. The molecule has 3 N–H and O–H groups in total. The van der Waals surface area contributed by atoms with Crippen LogP contribution in [0.4, 0.5) is 0 Å². The molecule has 2 aromatic rings. The Kier molecular flexibility index (Phi) is 24.7. The predicted octanol–water partition coefficient (Wildman–Crippen LogP) is 6.09. The molecule has 0 saturated carbocycles. The first-order chi connectivity index (χ1) is 24.6. The molecule has 2 aromatic carbocycles. The number of benzene rings is 2. The highest BCUT2D eigenvalue weighted by Gasteiger charge is 2.11. The van der Waals surface area contributed by atoms with Crippen molar-refractivity contribution in [3.8, 4) is 11.5 Å². The summed E-state index contributed by atoms with van der Waals surface area (Å²) in [5.74, 6) is -0.447.